The van der Waals surface area contributed by atoms with Gasteiger partial charge in [-0.3, -0.25) is 4.99 Å². The van der Waals surface area contributed by atoms with Crippen LogP contribution in [0, 0.1) is 5.92 Å². The molecular formula is C14H20N4O3. The number of aliphatic hydroxyl groups is 3. The van der Waals surface area contributed by atoms with Crippen molar-refractivity contribution < 1.29 is 15.3 Å². The third kappa shape index (κ3) is 2.23. The summed E-state index contributed by atoms with van der Waals surface area (Å²) in [6.07, 6.45) is -1.46. The van der Waals surface area contributed by atoms with Gasteiger partial charge in [-0.2, -0.15) is 0 Å². The molecule has 1 fully saturated rings. The first-order chi connectivity index (χ1) is 10.0. The summed E-state index contributed by atoms with van der Waals surface area (Å²) in [5.74, 6) is -0.567. The standard InChI is InChI=1S/C14H20N4O3/c1-17-12(19)10(13(20)18(2)14(17)21)11-8-5-3-4-6-9(8)15-7-16-11/h3-7,10-14,19-21H,1-2H3,(H,15,16). The topological polar surface area (TPSA) is 91.6 Å². The molecule has 0 spiro atoms. The van der Waals surface area contributed by atoms with Crippen molar-refractivity contribution in [1.29, 1.82) is 0 Å². The summed E-state index contributed by atoms with van der Waals surface area (Å²) < 4.78 is 0. The van der Waals surface area contributed by atoms with E-state index in [0.717, 1.165) is 11.3 Å². The zero-order valence-electron chi connectivity index (χ0n) is 12.0. The van der Waals surface area contributed by atoms with Crippen molar-refractivity contribution in [2.45, 2.75) is 24.8 Å². The van der Waals surface area contributed by atoms with Crippen LogP contribution in [-0.2, 0) is 0 Å². The molecule has 3 unspecified atom stereocenters. The van der Waals surface area contributed by atoms with Crippen LogP contribution >= 0.6 is 0 Å². The first kappa shape index (κ1) is 14.4. The van der Waals surface area contributed by atoms with Crippen molar-refractivity contribution in [3.63, 3.8) is 0 Å². The molecule has 0 saturated carbocycles. The average Bonchev–Trinajstić information content (AvgIpc) is 2.51. The van der Waals surface area contributed by atoms with Crippen molar-refractivity contribution in [3.05, 3.63) is 29.8 Å². The fraction of sp³-hybridized carbons (Fsp3) is 0.500. The van der Waals surface area contributed by atoms with E-state index < -0.39 is 24.7 Å². The van der Waals surface area contributed by atoms with Crippen molar-refractivity contribution in [1.82, 2.24) is 9.80 Å². The number of aliphatic imine (C=N–C) groups is 1. The van der Waals surface area contributed by atoms with E-state index in [9.17, 15) is 15.3 Å². The van der Waals surface area contributed by atoms with E-state index in [-0.39, 0.29) is 6.04 Å². The van der Waals surface area contributed by atoms with Gasteiger partial charge in [0.15, 0.2) is 6.35 Å². The van der Waals surface area contributed by atoms with Crippen molar-refractivity contribution in [2.24, 2.45) is 10.9 Å². The Kier molecular flexibility index (Phi) is 3.68. The Morgan fingerprint density at radius 3 is 2.33 bits per heavy atom. The maximum Gasteiger partial charge on any atom is 0.169 e. The second-order valence-electron chi connectivity index (χ2n) is 5.54. The van der Waals surface area contributed by atoms with E-state index in [2.05, 4.69) is 10.3 Å². The molecule has 0 radical (unpaired) electrons. The van der Waals surface area contributed by atoms with E-state index in [1.165, 1.54) is 9.80 Å². The fourth-order valence-electron chi connectivity index (χ4n) is 3.04. The minimum absolute atomic E-state index is 0.384. The molecule has 0 aromatic heterocycles. The second kappa shape index (κ2) is 5.36. The highest BCUT2D eigenvalue weighted by molar-refractivity contribution is 5.80. The molecule has 3 rings (SSSR count). The lowest BCUT2D eigenvalue weighted by Crippen LogP contribution is -2.65. The normalized spacial score (nSPS) is 37.1. The van der Waals surface area contributed by atoms with Gasteiger partial charge >= 0.3 is 0 Å². The van der Waals surface area contributed by atoms with Gasteiger partial charge in [-0.15, -0.1) is 0 Å². The molecule has 21 heavy (non-hydrogen) atoms. The van der Waals surface area contributed by atoms with Crippen molar-refractivity contribution in [3.8, 4) is 0 Å². The van der Waals surface area contributed by atoms with Crippen LogP contribution in [0.4, 0.5) is 5.69 Å². The molecule has 3 atom stereocenters. The molecule has 1 aromatic rings. The predicted octanol–water partition coefficient (Wildman–Crippen LogP) is -0.412. The molecule has 1 saturated heterocycles. The van der Waals surface area contributed by atoms with Gasteiger partial charge in [0.2, 0.25) is 0 Å². The monoisotopic (exact) mass is 292 g/mol. The third-order valence-corrected chi connectivity index (χ3v) is 4.35. The predicted molar refractivity (Wildman–Crippen MR) is 78.3 cm³/mol. The number of benzene rings is 1. The van der Waals surface area contributed by atoms with Crippen LogP contribution < -0.4 is 5.32 Å². The number of anilines is 1. The van der Waals surface area contributed by atoms with E-state index in [0.29, 0.717) is 0 Å². The van der Waals surface area contributed by atoms with Crippen LogP contribution in [0.1, 0.15) is 11.6 Å². The minimum Gasteiger partial charge on any atom is -0.378 e. The highest BCUT2D eigenvalue weighted by Crippen LogP contribution is 2.40. The van der Waals surface area contributed by atoms with E-state index in [1.807, 2.05) is 24.3 Å². The number of aliphatic hydroxyl groups excluding tert-OH is 3. The summed E-state index contributed by atoms with van der Waals surface area (Å²) in [5, 5.41) is 34.0. The lowest BCUT2D eigenvalue weighted by molar-refractivity contribution is -0.273. The first-order valence-electron chi connectivity index (χ1n) is 6.87. The van der Waals surface area contributed by atoms with Crippen LogP contribution in [0.2, 0.25) is 0 Å². The van der Waals surface area contributed by atoms with E-state index in [4.69, 9.17) is 0 Å². The second-order valence-corrected chi connectivity index (χ2v) is 5.54. The van der Waals surface area contributed by atoms with Crippen LogP contribution in [0.3, 0.4) is 0 Å². The zero-order chi connectivity index (χ0) is 15.1. The first-order valence-corrected chi connectivity index (χ1v) is 6.87. The molecule has 0 amide bonds. The molecule has 4 N–H and O–H groups in total. The maximum atomic E-state index is 10.5. The highest BCUT2D eigenvalue weighted by atomic mass is 16.4. The minimum atomic E-state index is -1.04. The summed E-state index contributed by atoms with van der Waals surface area (Å²) in [4.78, 5) is 7.23. The Morgan fingerprint density at radius 1 is 1.05 bits per heavy atom. The summed E-state index contributed by atoms with van der Waals surface area (Å²) in [5.41, 5.74) is 1.83. The molecule has 0 aliphatic carbocycles. The summed E-state index contributed by atoms with van der Waals surface area (Å²) >= 11 is 0. The number of fused-ring (bicyclic) bond motifs is 1. The Hall–Kier alpha value is -1.51. The number of nitrogens with zero attached hydrogens (tertiary/aromatic N) is 3. The Morgan fingerprint density at radius 2 is 1.67 bits per heavy atom. The summed E-state index contributed by atoms with van der Waals surface area (Å²) in [6.45, 7) is 0. The molecule has 2 aliphatic rings. The smallest absolute Gasteiger partial charge is 0.169 e. The van der Waals surface area contributed by atoms with Crippen molar-refractivity contribution >= 4 is 12.0 Å². The zero-order valence-corrected chi connectivity index (χ0v) is 12.0. The van der Waals surface area contributed by atoms with Gasteiger partial charge in [0.25, 0.3) is 0 Å². The maximum absolute atomic E-state index is 10.5. The largest absolute Gasteiger partial charge is 0.378 e. The van der Waals surface area contributed by atoms with Crippen LogP contribution in [0.15, 0.2) is 29.3 Å². The number of rotatable bonds is 1. The third-order valence-electron chi connectivity index (χ3n) is 4.35. The molecular weight excluding hydrogens is 272 g/mol. The molecule has 0 bridgehead atoms. The summed E-state index contributed by atoms with van der Waals surface area (Å²) in [6, 6.07) is 7.28. The molecule has 7 heteroatoms. The van der Waals surface area contributed by atoms with E-state index >= 15 is 0 Å². The number of nitrogens with one attached hydrogen (secondary N) is 1. The van der Waals surface area contributed by atoms with Crippen molar-refractivity contribution in [2.75, 3.05) is 19.4 Å². The van der Waals surface area contributed by atoms with Gasteiger partial charge in [-0.05, 0) is 20.2 Å². The number of para-hydroxylation sites is 1. The van der Waals surface area contributed by atoms with E-state index in [1.54, 1.807) is 20.4 Å². The van der Waals surface area contributed by atoms with Crippen LogP contribution in [0.5, 0.6) is 0 Å². The fourth-order valence-corrected chi connectivity index (χ4v) is 3.04. The van der Waals surface area contributed by atoms with Gasteiger partial charge in [-0.1, -0.05) is 18.2 Å². The van der Waals surface area contributed by atoms with Crippen LogP contribution in [0.25, 0.3) is 0 Å². The molecule has 114 valence electrons. The number of hydrogen-bond donors (Lipinski definition) is 4. The molecule has 1 aromatic carbocycles. The molecule has 2 heterocycles. The van der Waals surface area contributed by atoms with Gasteiger partial charge < -0.3 is 20.6 Å². The molecule has 7 nitrogen and oxygen atoms in total. The molecule has 2 aliphatic heterocycles. The van der Waals surface area contributed by atoms with Gasteiger partial charge in [0.05, 0.1) is 18.3 Å². The SMILES string of the molecule is CN1C(O)C(C2N=CNc3ccccc32)C(O)N(C)C1O. The highest BCUT2D eigenvalue weighted by Gasteiger charge is 2.47. The summed E-state index contributed by atoms with van der Waals surface area (Å²) in [7, 11) is 3.23. The van der Waals surface area contributed by atoms with Gasteiger partial charge in [0, 0.05) is 11.3 Å². The Labute approximate surface area is 123 Å². The van der Waals surface area contributed by atoms with Crippen LogP contribution in [-0.4, -0.2) is 64.4 Å². The average molecular weight is 292 g/mol. The lowest BCUT2D eigenvalue weighted by Gasteiger charge is -2.49. The quantitative estimate of drug-likeness (QED) is 0.562. The Balaban J connectivity index is 1.99. The van der Waals surface area contributed by atoms with Gasteiger partial charge in [-0.25, -0.2) is 9.80 Å². The van der Waals surface area contributed by atoms with Gasteiger partial charge in [0.1, 0.15) is 12.5 Å². The Bertz CT molecular complexity index is 537. The number of hydrogen-bond acceptors (Lipinski definition) is 7. The lowest BCUT2D eigenvalue weighted by atomic mass is 9.86.